The monoisotopic (exact) mass is 750 g/mol. The molecule has 1 N–H and O–H groups in total. The van der Waals surface area contributed by atoms with Crippen molar-refractivity contribution in [3.05, 3.63) is 54.6 Å². The van der Waals surface area contributed by atoms with Crippen molar-refractivity contribution in [3.63, 3.8) is 0 Å². The maximum absolute atomic E-state index is 13.6. The number of aromatic nitrogens is 5. The van der Waals surface area contributed by atoms with Crippen LogP contribution in [0, 0.1) is 5.92 Å². The number of carbonyl (C=O) groups is 3. The first-order valence-corrected chi connectivity index (χ1v) is 18.8. The van der Waals surface area contributed by atoms with Gasteiger partial charge in [-0.15, -0.1) is 11.8 Å². The fourth-order valence-corrected chi connectivity index (χ4v) is 7.83. The van der Waals surface area contributed by atoms with Gasteiger partial charge < -0.3 is 24.8 Å². The lowest BCUT2D eigenvalue weighted by Gasteiger charge is -2.38. The largest absolute Gasteiger partial charge is 0.434 e. The highest BCUT2D eigenvalue weighted by Gasteiger charge is 2.29. The van der Waals surface area contributed by atoms with Crippen LogP contribution in [0.4, 0.5) is 14.5 Å². The van der Waals surface area contributed by atoms with Crippen molar-refractivity contribution in [2.45, 2.75) is 49.0 Å². The average molecular weight is 751 g/mol. The molecule has 53 heavy (non-hydrogen) atoms. The van der Waals surface area contributed by atoms with Crippen LogP contribution >= 0.6 is 11.8 Å². The summed E-state index contributed by atoms with van der Waals surface area (Å²) < 4.78 is 35.0. The Morgan fingerprint density at radius 1 is 1.02 bits per heavy atom. The Labute approximate surface area is 310 Å². The van der Waals surface area contributed by atoms with Gasteiger partial charge in [-0.05, 0) is 55.9 Å². The summed E-state index contributed by atoms with van der Waals surface area (Å²) in [5.41, 5.74) is 1.28. The molecule has 0 bridgehead atoms. The Balaban J connectivity index is 1.04. The number of fused-ring (bicyclic) bond motifs is 1. The van der Waals surface area contributed by atoms with Crippen molar-refractivity contribution in [1.29, 1.82) is 0 Å². The predicted molar refractivity (Wildman–Crippen MR) is 195 cm³/mol. The molecule has 17 heteroatoms. The normalized spacial score (nSPS) is 17.4. The Morgan fingerprint density at radius 2 is 1.77 bits per heavy atom. The minimum Gasteiger partial charge on any atom is -0.434 e. The van der Waals surface area contributed by atoms with Gasteiger partial charge in [0.25, 0.3) is 5.91 Å². The quantitative estimate of drug-likeness (QED) is 0.216. The zero-order valence-corrected chi connectivity index (χ0v) is 30.7. The van der Waals surface area contributed by atoms with Crippen LogP contribution in [0.15, 0.2) is 53.9 Å². The number of alkyl halides is 2. The van der Waals surface area contributed by atoms with E-state index in [1.807, 2.05) is 4.90 Å². The molecule has 3 aliphatic rings. The topological polar surface area (TPSA) is 133 Å². The molecule has 5 heterocycles. The summed E-state index contributed by atoms with van der Waals surface area (Å²) in [6.45, 7) is 3.03. The zero-order chi connectivity index (χ0) is 37.1. The summed E-state index contributed by atoms with van der Waals surface area (Å²) in [4.78, 5) is 52.6. The molecule has 0 radical (unpaired) electrons. The number of thioether (sulfide) groups is 1. The van der Waals surface area contributed by atoms with Crippen LogP contribution in [0.2, 0.25) is 0 Å². The number of anilines is 1. The number of piperidine rings is 1. The maximum Gasteiger partial charge on any atom is 0.387 e. The van der Waals surface area contributed by atoms with Gasteiger partial charge in [0.2, 0.25) is 11.8 Å². The van der Waals surface area contributed by atoms with E-state index < -0.39 is 12.5 Å². The van der Waals surface area contributed by atoms with Crippen LogP contribution in [-0.4, -0.2) is 140 Å². The molecule has 0 unspecified atom stereocenters. The van der Waals surface area contributed by atoms with Gasteiger partial charge in [0.05, 0.1) is 18.4 Å². The number of piperazine rings is 1. The molecule has 282 valence electrons. The van der Waals surface area contributed by atoms with Crippen LogP contribution in [0.5, 0.6) is 5.75 Å². The maximum atomic E-state index is 13.6. The van der Waals surface area contributed by atoms with Gasteiger partial charge in [-0.25, -0.2) is 9.50 Å². The first-order chi connectivity index (χ1) is 25.6. The van der Waals surface area contributed by atoms with E-state index in [-0.39, 0.29) is 46.6 Å². The number of nitrogens with zero attached hydrogens (tertiary/aromatic N) is 9. The smallest absolute Gasteiger partial charge is 0.387 e. The standard InChI is InChI=1S/C36H44F2N10O4S/c1-43(2)31(49)22-45-16-14-44(15-17-45)20-24-8-12-46(13-9-24)32(50)23-47-21-29(41-35(51)28-19-40-48-11-3-10-39-34(28)48)33(42-47)27-18-26(53-25-4-5-25)6-7-30(27)52-36(37)38/h3,6-7,10-11,18-19,21,24-25,36H,4-5,8-9,12-17,20,22-23H2,1-2H3,(H,41,51). The molecule has 14 nitrogen and oxygen atoms in total. The van der Waals surface area contributed by atoms with Gasteiger partial charge >= 0.3 is 6.61 Å². The molecule has 1 saturated carbocycles. The molecule has 0 spiro atoms. The van der Waals surface area contributed by atoms with Crippen LogP contribution in [0.1, 0.15) is 36.0 Å². The Hall–Kier alpha value is -4.61. The number of hydrogen-bond donors (Lipinski definition) is 1. The summed E-state index contributed by atoms with van der Waals surface area (Å²) in [5, 5.41) is 12.2. The van der Waals surface area contributed by atoms with Crippen LogP contribution < -0.4 is 10.1 Å². The average Bonchev–Trinajstić information content (AvgIpc) is 3.71. The van der Waals surface area contributed by atoms with Crippen molar-refractivity contribution < 1.29 is 27.9 Å². The summed E-state index contributed by atoms with van der Waals surface area (Å²) in [5.74, 6) is -0.142. The van der Waals surface area contributed by atoms with E-state index in [1.54, 1.807) is 67.5 Å². The summed E-state index contributed by atoms with van der Waals surface area (Å²) in [7, 11) is 3.56. The second kappa shape index (κ2) is 16.2. The van der Waals surface area contributed by atoms with E-state index in [1.165, 1.54) is 21.5 Å². The van der Waals surface area contributed by atoms with E-state index in [0.29, 0.717) is 36.4 Å². The van der Waals surface area contributed by atoms with Crippen molar-refractivity contribution in [3.8, 4) is 17.0 Å². The summed E-state index contributed by atoms with van der Waals surface area (Å²) >= 11 is 1.65. The highest BCUT2D eigenvalue weighted by Crippen LogP contribution is 2.43. The summed E-state index contributed by atoms with van der Waals surface area (Å²) in [6.07, 6.45) is 10.1. The van der Waals surface area contributed by atoms with E-state index in [9.17, 15) is 23.2 Å². The molecule has 3 amide bonds. The summed E-state index contributed by atoms with van der Waals surface area (Å²) in [6, 6.07) is 6.68. The second-order valence-corrected chi connectivity index (χ2v) is 15.4. The lowest BCUT2D eigenvalue weighted by molar-refractivity contribution is -0.133. The molecule has 2 aliphatic heterocycles. The highest BCUT2D eigenvalue weighted by molar-refractivity contribution is 8.00. The zero-order valence-electron chi connectivity index (χ0n) is 29.9. The number of halogens is 2. The first kappa shape index (κ1) is 36.7. The van der Waals surface area contributed by atoms with Crippen molar-refractivity contribution >= 4 is 40.8 Å². The molecule has 7 rings (SSSR count). The molecule has 4 aromatic rings. The lowest BCUT2D eigenvalue weighted by atomic mass is 9.96. The number of rotatable bonds is 13. The molecule has 3 fully saturated rings. The van der Waals surface area contributed by atoms with E-state index in [0.717, 1.165) is 63.3 Å². The molecule has 1 aromatic carbocycles. The Kier molecular flexibility index (Phi) is 11.2. The number of carbonyl (C=O) groups excluding carboxylic acids is 3. The van der Waals surface area contributed by atoms with Crippen LogP contribution in [0.25, 0.3) is 16.9 Å². The molecule has 2 saturated heterocycles. The minimum absolute atomic E-state index is 0.0876. The number of likely N-dealkylation sites (N-methyl/N-ethyl adjacent to an activating group) is 1. The van der Waals surface area contributed by atoms with Crippen molar-refractivity contribution in [1.82, 2.24) is 44.0 Å². The van der Waals surface area contributed by atoms with Gasteiger partial charge in [0, 0.05) is 94.2 Å². The number of benzene rings is 1. The third-order valence-electron chi connectivity index (χ3n) is 9.89. The fraction of sp³-hybridized carbons (Fsp3) is 0.500. The lowest BCUT2D eigenvalue weighted by Crippen LogP contribution is -2.51. The molecule has 0 atom stereocenters. The molecule has 1 aliphatic carbocycles. The predicted octanol–water partition coefficient (Wildman–Crippen LogP) is 3.65. The van der Waals surface area contributed by atoms with Crippen molar-refractivity contribution in [2.75, 3.05) is 71.8 Å². The van der Waals surface area contributed by atoms with Gasteiger partial charge in [0.1, 0.15) is 23.6 Å². The van der Waals surface area contributed by atoms with Gasteiger partial charge in [-0.3, -0.25) is 24.0 Å². The highest BCUT2D eigenvalue weighted by atomic mass is 32.2. The van der Waals surface area contributed by atoms with Crippen LogP contribution in [0.3, 0.4) is 0 Å². The molecular weight excluding hydrogens is 707 g/mol. The van der Waals surface area contributed by atoms with E-state index >= 15 is 0 Å². The van der Waals surface area contributed by atoms with Gasteiger partial charge in [0.15, 0.2) is 5.65 Å². The molecular formula is C36H44F2N10O4S. The van der Waals surface area contributed by atoms with E-state index in [2.05, 4.69) is 25.2 Å². The number of hydrogen-bond acceptors (Lipinski definition) is 10. The fourth-order valence-electron chi connectivity index (χ4n) is 6.75. The minimum atomic E-state index is -3.08. The Bertz CT molecular complexity index is 1930. The van der Waals surface area contributed by atoms with Crippen molar-refractivity contribution in [2.24, 2.45) is 5.92 Å². The second-order valence-electron chi connectivity index (χ2n) is 14.0. The van der Waals surface area contributed by atoms with Gasteiger partial charge in [-0.1, -0.05) is 0 Å². The number of nitrogens with one attached hydrogen (secondary N) is 1. The number of likely N-dealkylation sites (tertiary alicyclic amines) is 1. The molecule has 3 aromatic heterocycles. The van der Waals surface area contributed by atoms with E-state index in [4.69, 9.17) is 9.84 Å². The number of amides is 3. The number of ether oxygens (including phenoxy) is 1. The van der Waals surface area contributed by atoms with Crippen LogP contribution in [-0.2, 0) is 16.1 Å². The third kappa shape index (κ3) is 9.13. The Morgan fingerprint density at radius 3 is 2.49 bits per heavy atom. The van der Waals surface area contributed by atoms with Gasteiger partial charge in [-0.2, -0.15) is 19.0 Å². The first-order valence-electron chi connectivity index (χ1n) is 18.0. The third-order valence-corrected chi connectivity index (χ3v) is 11.2. The SMILES string of the molecule is CN(C)C(=O)CN1CCN(CC2CCN(C(=O)Cn3cc(NC(=O)c4cnn5cccnc45)c(-c4cc(SC5CC5)ccc4OC(F)F)n3)CC2)CC1.